The number of rotatable bonds is 10. The summed E-state index contributed by atoms with van der Waals surface area (Å²) in [6, 6.07) is 7.98. The fraction of sp³-hybridized carbons (Fsp3) is 0.652. The average Bonchev–Trinajstić information content (AvgIpc) is 2.75. The third kappa shape index (κ3) is 12.9. The maximum atomic E-state index is 11.7. The summed E-state index contributed by atoms with van der Waals surface area (Å²) in [5, 5.41) is 9.18. The van der Waals surface area contributed by atoms with E-state index in [9.17, 15) is 4.79 Å². The number of aliphatic imine (C=N–C) groups is 1. The van der Waals surface area contributed by atoms with Crippen LogP contribution in [0.15, 0.2) is 29.3 Å². The summed E-state index contributed by atoms with van der Waals surface area (Å²) in [6.45, 7) is 14.7. The van der Waals surface area contributed by atoms with Crippen LogP contribution in [-0.2, 0) is 16.0 Å². The molecule has 0 saturated carbocycles. The summed E-state index contributed by atoms with van der Waals surface area (Å²) in [5.74, 6) is 1.54. The van der Waals surface area contributed by atoms with Gasteiger partial charge in [-0.1, -0.05) is 18.2 Å². The van der Waals surface area contributed by atoms with Crippen LogP contribution in [0.4, 0.5) is 4.79 Å². The number of hydrogen-bond donors (Lipinski definition) is 3. The molecule has 1 fully saturated rings. The molecule has 2 rings (SSSR count). The molecular formula is C23H40IN5O4. The van der Waals surface area contributed by atoms with Crippen molar-refractivity contribution in [2.45, 2.75) is 39.8 Å². The highest BCUT2D eigenvalue weighted by atomic mass is 127. The second kappa shape index (κ2) is 15.9. The SMILES string of the molecule is CCNC(=NCc1ccccc1OCCN1CCOCC1)NCCNC(=O)OC(C)(C)C.I. The summed E-state index contributed by atoms with van der Waals surface area (Å²) >= 11 is 0. The third-order valence-electron chi connectivity index (χ3n) is 4.58. The molecule has 188 valence electrons. The monoisotopic (exact) mass is 577 g/mol. The van der Waals surface area contributed by atoms with Gasteiger partial charge in [-0.3, -0.25) is 4.90 Å². The normalized spacial score (nSPS) is 14.7. The van der Waals surface area contributed by atoms with E-state index in [0.29, 0.717) is 32.2 Å². The lowest BCUT2D eigenvalue weighted by Gasteiger charge is -2.26. The quantitative estimate of drug-likeness (QED) is 0.170. The largest absolute Gasteiger partial charge is 0.492 e. The van der Waals surface area contributed by atoms with Crippen LogP contribution in [0.1, 0.15) is 33.3 Å². The van der Waals surface area contributed by atoms with Gasteiger partial charge in [0.2, 0.25) is 0 Å². The van der Waals surface area contributed by atoms with E-state index < -0.39 is 11.7 Å². The van der Waals surface area contributed by atoms with Crippen molar-refractivity contribution in [3.8, 4) is 5.75 Å². The number of halogens is 1. The smallest absolute Gasteiger partial charge is 0.407 e. The Labute approximate surface area is 215 Å². The number of morpholine rings is 1. The molecule has 1 aliphatic rings. The van der Waals surface area contributed by atoms with Crippen molar-refractivity contribution < 1.29 is 19.0 Å². The van der Waals surface area contributed by atoms with Gasteiger partial charge in [-0.25, -0.2) is 9.79 Å². The van der Waals surface area contributed by atoms with Gasteiger partial charge in [-0.15, -0.1) is 24.0 Å². The Kier molecular flexibility index (Phi) is 14.1. The third-order valence-corrected chi connectivity index (χ3v) is 4.58. The van der Waals surface area contributed by atoms with Gasteiger partial charge in [-0.2, -0.15) is 0 Å². The minimum atomic E-state index is -0.508. The number of nitrogens with one attached hydrogen (secondary N) is 3. The lowest BCUT2D eigenvalue weighted by Crippen LogP contribution is -2.42. The highest BCUT2D eigenvalue weighted by Gasteiger charge is 2.15. The minimum Gasteiger partial charge on any atom is -0.492 e. The van der Waals surface area contributed by atoms with Crippen LogP contribution < -0.4 is 20.7 Å². The second-order valence-electron chi connectivity index (χ2n) is 8.46. The first-order valence-corrected chi connectivity index (χ1v) is 11.4. The number of carbonyl (C=O) groups is 1. The molecule has 1 amide bonds. The highest BCUT2D eigenvalue weighted by molar-refractivity contribution is 14.0. The molecule has 1 aromatic carbocycles. The number of hydrogen-bond acceptors (Lipinski definition) is 6. The van der Waals surface area contributed by atoms with E-state index in [-0.39, 0.29) is 24.0 Å². The van der Waals surface area contributed by atoms with Gasteiger partial charge in [0.05, 0.1) is 19.8 Å². The lowest BCUT2D eigenvalue weighted by atomic mass is 10.2. The molecule has 0 bridgehead atoms. The van der Waals surface area contributed by atoms with Crippen LogP contribution >= 0.6 is 24.0 Å². The van der Waals surface area contributed by atoms with Gasteiger partial charge in [0.25, 0.3) is 0 Å². The highest BCUT2D eigenvalue weighted by Crippen LogP contribution is 2.19. The van der Waals surface area contributed by atoms with E-state index in [1.165, 1.54) is 0 Å². The van der Waals surface area contributed by atoms with Crippen molar-refractivity contribution >= 4 is 36.0 Å². The van der Waals surface area contributed by atoms with Gasteiger partial charge in [0.1, 0.15) is 18.0 Å². The summed E-state index contributed by atoms with van der Waals surface area (Å²) < 4.78 is 16.7. The summed E-state index contributed by atoms with van der Waals surface area (Å²) in [5.41, 5.74) is 0.518. The van der Waals surface area contributed by atoms with Crippen LogP contribution in [0.3, 0.4) is 0 Å². The first-order valence-electron chi connectivity index (χ1n) is 11.4. The molecule has 0 unspecified atom stereocenters. The van der Waals surface area contributed by atoms with E-state index in [1.54, 1.807) is 0 Å². The number of amides is 1. The number of carbonyl (C=O) groups excluding carboxylic acids is 1. The zero-order chi connectivity index (χ0) is 23.2. The number of guanidine groups is 1. The fourth-order valence-electron chi connectivity index (χ4n) is 3.05. The topological polar surface area (TPSA) is 96.5 Å². The van der Waals surface area contributed by atoms with Crippen molar-refractivity contribution in [3.63, 3.8) is 0 Å². The zero-order valence-electron chi connectivity index (χ0n) is 20.3. The molecule has 1 aliphatic heterocycles. The molecular weight excluding hydrogens is 537 g/mol. The van der Waals surface area contributed by atoms with Crippen molar-refractivity contribution in [2.75, 3.05) is 59.1 Å². The maximum absolute atomic E-state index is 11.7. The molecule has 1 saturated heterocycles. The average molecular weight is 578 g/mol. The van der Waals surface area contributed by atoms with Crippen LogP contribution in [0.25, 0.3) is 0 Å². The Morgan fingerprint density at radius 2 is 1.82 bits per heavy atom. The van der Waals surface area contributed by atoms with Gasteiger partial charge >= 0.3 is 6.09 Å². The minimum absolute atomic E-state index is 0. The predicted molar refractivity (Wildman–Crippen MR) is 142 cm³/mol. The second-order valence-corrected chi connectivity index (χ2v) is 8.46. The lowest BCUT2D eigenvalue weighted by molar-refractivity contribution is 0.0322. The molecule has 0 radical (unpaired) electrons. The van der Waals surface area contributed by atoms with Crippen LogP contribution in [-0.4, -0.2) is 81.6 Å². The molecule has 1 heterocycles. The molecule has 0 atom stereocenters. The van der Waals surface area contributed by atoms with Gasteiger partial charge in [0.15, 0.2) is 5.96 Å². The molecule has 3 N–H and O–H groups in total. The Balaban J connectivity index is 0.00000544. The number of alkyl carbamates (subject to hydrolysis) is 1. The van der Waals surface area contributed by atoms with Gasteiger partial charge in [0, 0.05) is 44.8 Å². The van der Waals surface area contributed by atoms with Crippen LogP contribution in [0, 0.1) is 0 Å². The predicted octanol–water partition coefficient (Wildman–Crippen LogP) is 2.60. The van der Waals surface area contributed by atoms with Crippen LogP contribution in [0.5, 0.6) is 5.75 Å². The Hall–Kier alpha value is -1.79. The molecule has 0 spiro atoms. The first-order chi connectivity index (χ1) is 15.4. The van der Waals surface area contributed by atoms with Crippen molar-refractivity contribution in [1.29, 1.82) is 0 Å². The fourth-order valence-corrected chi connectivity index (χ4v) is 3.05. The molecule has 0 aromatic heterocycles. The number of para-hydroxylation sites is 1. The van der Waals surface area contributed by atoms with E-state index in [4.69, 9.17) is 14.2 Å². The van der Waals surface area contributed by atoms with E-state index in [1.807, 2.05) is 52.0 Å². The van der Waals surface area contributed by atoms with Crippen LogP contribution in [0.2, 0.25) is 0 Å². The van der Waals surface area contributed by atoms with E-state index in [0.717, 1.165) is 50.7 Å². The summed E-state index contributed by atoms with van der Waals surface area (Å²) in [4.78, 5) is 18.7. The van der Waals surface area contributed by atoms with E-state index in [2.05, 4.69) is 25.8 Å². The summed E-state index contributed by atoms with van der Waals surface area (Å²) in [6.07, 6.45) is -0.426. The van der Waals surface area contributed by atoms with Crippen molar-refractivity contribution in [2.24, 2.45) is 4.99 Å². The standard InChI is InChI=1S/C23H39N5O4.HI/c1-5-24-21(25-10-11-26-22(29)32-23(2,3)4)27-18-19-8-6-7-9-20(19)31-17-14-28-12-15-30-16-13-28;/h6-9H,5,10-18H2,1-4H3,(H,26,29)(H2,24,25,27);1H. The number of ether oxygens (including phenoxy) is 3. The molecule has 1 aromatic rings. The first kappa shape index (κ1) is 29.2. The summed E-state index contributed by atoms with van der Waals surface area (Å²) in [7, 11) is 0. The molecule has 10 heteroatoms. The Bertz CT molecular complexity index is 721. The Morgan fingerprint density at radius 1 is 1.12 bits per heavy atom. The zero-order valence-corrected chi connectivity index (χ0v) is 22.6. The maximum Gasteiger partial charge on any atom is 0.407 e. The number of nitrogens with zero attached hydrogens (tertiary/aromatic N) is 2. The molecule has 33 heavy (non-hydrogen) atoms. The molecule has 9 nitrogen and oxygen atoms in total. The molecule has 0 aliphatic carbocycles. The Morgan fingerprint density at radius 3 is 2.52 bits per heavy atom. The number of benzene rings is 1. The van der Waals surface area contributed by atoms with Gasteiger partial charge in [-0.05, 0) is 33.8 Å². The van der Waals surface area contributed by atoms with Crippen molar-refractivity contribution in [3.05, 3.63) is 29.8 Å². The van der Waals surface area contributed by atoms with Crippen molar-refractivity contribution in [1.82, 2.24) is 20.9 Å². The van der Waals surface area contributed by atoms with E-state index >= 15 is 0 Å². The van der Waals surface area contributed by atoms with Gasteiger partial charge < -0.3 is 30.2 Å².